The summed E-state index contributed by atoms with van der Waals surface area (Å²) >= 11 is 5.87. The maximum Gasteiger partial charge on any atom is 0.241 e. The Morgan fingerprint density at radius 1 is 0.828 bits per heavy atom. The Kier molecular flexibility index (Phi) is 6.75. The van der Waals surface area contributed by atoms with Gasteiger partial charge >= 0.3 is 0 Å². The number of rotatable bonds is 8. The number of halogens is 1. The summed E-state index contributed by atoms with van der Waals surface area (Å²) in [5.41, 5.74) is 1.53. The molecular formula is C23H25ClN2O2S. The van der Waals surface area contributed by atoms with E-state index in [2.05, 4.69) is 34.3 Å². The monoisotopic (exact) mass is 428 g/mol. The molecule has 0 atom stereocenters. The lowest BCUT2D eigenvalue weighted by Gasteiger charge is -2.30. The first-order valence-electron chi connectivity index (χ1n) is 9.40. The summed E-state index contributed by atoms with van der Waals surface area (Å²) < 4.78 is 28.3. The summed E-state index contributed by atoms with van der Waals surface area (Å²) in [6, 6.07) is 26.3. The van der Waals surface area contributed by atoms with Crippen molar-refractivity contribution < 1.29 is 8.42 Å². The van der Waals surface area contributed by atoms with Crippen molar-refractivity contribution >= 4 is 21.6 Å². The van der Waals surface area contributed by atoms with Crippen molar-refractivity contribution in [3.8, 4) is 0 Å². The zero-order chi connectivity index (χ0) is 20.9. The Morgan fingerprint density at radius 3 is 1.79 bits per heavy atom. The van der Waals surface area contributed by atoms with E-state index in [1.165, 1.54) is 12.1 Å². The number of nitrogens with one attached hydrogen (secondary N) is 2. The zero-order valence-corrected chi connectivity index (χ0v) is 18.0. The maximum absolute atomic E-state index is 12.8. The molecule has 0 aliphatic rings. The van der Waals surface area contributed by atoms with Gasteiger partial charge in [-0.3, -0.25) is 0 Å². The lowest BCUT2D eigenvalue weighted by atomic mass is 9.97. The largest absolute Gasteiger partial charge is 0.304 e. The van der Waals surface area contributed by atoms with Crippen LogP contribution in [0.5, 0.6) is 0 Å². The number of benzene rings is 3. The van der Waals surface area contributed by atoms with Gasteiger partial charge < -0.3 is 5.32 Å². The van der Waals surface area contributed by atoms with Crippen LogP contribution < -0.4 is 10.0 Å². The maximum atomic E-state index is 12.8. The van der Waals surface area contributed by atoms with E-state index in [9.17, 15) is 8.42 Å². The van der Waals surface area contributed by atoms with Gasteiger partial charge in [0.1, 0.15) is 0 Å². The second-order valence-corrected chi connectivity index (χ2v) is 9.70. The van der Waals surface area contributed by atoms with Gasteiger partial charge in [0.15, 0.2) is 0 Å². The average molecular weight is 429 g/mol. The molecule has 0 bridgehead atoms. The molecule has 0 spiro atoms. The van der Waals surface area contributed by atoms with Crippen LogP contribution in [-0.4, -0.2) is 20.5 Å². The predicted molar refractivity (Wildman–Crippen MR) is 119 cm³/mol. The number of hydrogen-bond acceptors (Lipinski definition) is 3. The first-order chi connectivity index (χ1) is 13.8. The van der Waals surface area contributed by atoms with E-state index < -0.39 is 15.6 Å². The fourth-order valence-corrected chi connectivity index (χ4v) is 4.69. The minimum Gasteiger partial charge on any atom is -0.304 e. The van der Waals surface area contributed by atoms with E-state index in [0.717, 1.165) is 11.1 Å². The average Bonchev–Trinajstić information content (AvgIpc) is 2.69. The highest BCUT2D eigenvalue weighted by atomic mass is 35.5. The molecule has 0 aliphatic heterocycles. The minimum absolute atomic E-state index is 0.0447. The second kappa shape index (κ2) is 9.09. The van der Waals surface area contributed by atoms with E-state index in [0.29, 0.717) is 11.6 Å². The summed E-state index contributed by atoms with van der Waals surface area (Å²) in [6.07, 6.45) is 0. The fraction of sp³-hybridized carbons (Fsp3) is 0.217. The van der Waals surface area contributed by atoms with Crippen LogP contribution in [-0.2, 0) is 10.0 Å². The normalized spacial score (nSPS) is 12.3. The van der Waals surface area contributed by atoms with Crippen LogP contribution in [0.2, 0.25) is 5.02 Å². The van der Waals surface area contributed by atoms with Gasteiger partial charge in [-0.2, -0.15) is 0 Å². The molecule has 6 heteroatoms. The molecule has 3 aromatic carbocycles. The number of hydrogen-bond donors (Lipinski definition) is 2. The zero-order valence-electron chi connectivity index (χ0n) is 16.5. The molecule has 0 unspecified atom stereocenters. The van der Waals surface area contributed by atoms with Crippen LogP contribution in [0.4, 0.5) is 0 Å². The van der Waals surface area contributed by atoms with Gasteiger partial charge in [0.2, 0.25) is 10.0 Å². The predicted octanol–water partition coefficient (Wildman–Crippen LogP) is 4.78. The Morgan fingerprint density at radius 2 is 1.31 bits per heavy atom. The molecule has 0 aliphatic carbocycles. The third kappa shape index (κ3) is 5.90. The first kappa shape index (κ1) is 21.5. The van der Waals surface area contributed by atoms with Gasteiger partial charge in [-0.05, 0) is 49.2 Å². The molecule has 0 saturated carbocycles. The lowest BCUT2D eigenvalue weighted by Crippen LogP contribution is -2.50. The smallest absolute Gasteiger partial charge is 0.241 e. The standard InChI is InChI=1S/C23H25ClN2O2S/c1-23(2,26-29(27,28)21-15-13-20(24)14-16-21)17-25-22(18-9-5-3-6-10-18)19-11-7-4-8-12-19/h3-16,22,25-26H,17H2,1-2H3. The number of sulfonamides is 1. The lowest BCUT2D eigenvalue weighted by molar-refractivity contribution is 0.405. The van der Waals surface area contributed by atoms with Crippen LogP contribution >= 0.6 is 11.6 Å². The minimum atomic E-state index is -3.66. The molecule has 152 valence electrons. The van der Waals surface area contributed by atoms with E-state index in [-0.39, 0.29) is 10.9 Å². The van der Waals surface area contributed by atoms with Crippen LogP contribution in [0.25, 0.3) is 0 Å². The molecule has 0 fully saturated rings. The van der Waals surface area contributed by atoms with Gasteiger partial charge in [-0.15, -0.1) is 0 Å². The molecular weight excluding hydrogens is 404 g/mol. The highest BCUT2D eigenvalue weighted by molar-refractivity contribution is 7.89. The summed E-state index contributed by atoms with van der Waals surface area (Å²) in [4.78, 5) is 0.192. The SMILES string of the molecule is CC(C)(CNC(c1ccccc1)c1ccccc1)NS(=O)(=O)c1ccc(Cl)cc1. The summed E-state index contributed by atoms with van der Waals surface area (Å²) in [5.74, 6) is 0. The Hall–Kier alpha value is -2.18. The van der Waals surface area contributed by atoms with Crippen LogP contribution in [0, 0.1) is 0 Å². The second-order valence-electron chi connectivity index (χ2n) is 7.58. The Balaban J connectivity index is 1.77. The molecule has 0 radical (unpaired) electrons. The third-order valence-electron chi connectivity index (χ3n) is 4.55. The van der Waals surface area contributed by atoms with Crippen molar-refractivity contribution in [3.05, 3.63) is 101 Å². The molecule has 0 amide bonds. The molecule has 29 heavy (non-hydrogen) atoms. The molecule has 0 saturated heterocycles. The van der Waals surface area contributed by atoms with Gasteiger partial charge in [0, 0.05) is 17.1 Å². The quantitative estimate of drug-likeness (QED) is 0.543. The van der Waals surface area contributed by atoms with E-state index in [1.807, 2.05) is 50.2 Å². The Bertz CT molecular complexity index is 982. The molecule has 0 aromatic heterocycles. The highest BCUT2D eigenvalue weighted by Gasteiger charge is 2.27. The van der Waals surface area contributed by atoms with Crippen molar-refractivity contribution in [2.45, 2.75) is 30.3 Å². The third-order valence-corrected chi connectivity index (χ3v) is 6.51. The van der Waals surface area contributed by atoms with Gasteiger partial charge in [-0.25, -0.2) is 13.1 Å². The van der Waals surface area contributed by atoms with Gasteiger partial charge in [-0.1, -0.05) is 72.3 Å². The highest BCUT2D eigenvalue weighted by Crippen LogP contribution is 2.23. The van der Waals surface area contributed by atoms with E-state index in [1.54, 1.807) is 12.1 Å². The van der Waals surface area contributed by atoms with Crippen LogP contribution in [0.3, 0.4) is 0 Å². The topological polar surface area (TPSA) is 58.2 Å². The van der Waals surface area contributed by atoms with Crippen LogP contribution in [0.15, 0.2) is 89.8 Å². The fourth-order valence-electron chi connectivity index (χ4n) is 3.15. The molecule has 2 N–H and O–H groups in total. The molecule has 3 aromatic rings. The van der Waals surface area contributed by atoms with Crippen molar-refractivity contribution in [3.63, 3.8) is 0 Å². The summed E-state index contributed by atoms with van der Waals surface area (Å²) in [6.45, 7) is 4.16. The summed E-state index contributed by atoms with van der Waals surface area (Å²) in [7, 11) is -3.66. The summed E-state index contributed by atoms with van der Waals surface area (Å²) in [5, 5.41) is 4.03. The van der Waals surface area contributed by atoms with Crippen molar-refractivity contribution in [2.75, 3.05) is 6.54 Å². The molecule has 0 heterocycles. The van der Waals surface area contributed by atoms with E-state index >= 15 is 0 Å². The van der Waals surface area contributed by atoms with Crippen LogP contribution in [0.1, 0.15) is 31.0 Å². The van der Waals surface area contributed by atoms with Crippen molar-refractivity contribution in [2.24, 2.45) is 0 Å². The van der Waals surface area contributed by atoms with Crippen molar-refractivity contribution in [1.29, 1.82) is 0 Å². The first-order valence-corrected chi connectivity index (χ1v) is 11.3. The molecule has 4 nitrogen and oxygen atoms in total. The Labute approximate surface area is 178 Å². The van der Waals surface area contributed by atoms with Crippen molar-refractivity contribution in [1.82, 2.24) is 10.0 Å². The van der Waals surface area contributed by atoms with Gasteiger partial charge in [0.05, 0.1) is 10.9 Å². The van der Waals surface area contributed by atoms with E-state index in [4.69, 9.17) is 11.6 Å². The van der Waals surface area contributed by atoms with Gasteiger partial charge in [0.25, 0.3) is 0 Å². The molecule has 3 rings (SSSR count).